The Morgan fingerprint density at radius 1 is 1.33 bits per heavy atom. The van der Waals surface area contributed by atoms with Crippen LogP contribution in [0, 0.1) is 17.3 Å². The van der Waals surface area contributed by atoms with Gasteiger partial charge in [0.05, 0.1) is 12.0 Å². The number of esters is 1. The molecule has 0 unspecified atom stereocenters. The van der Waals surface area contributed by atoms with Gasteiger partial charge in [-0.15, -0.1) is 0 Å². The lowest BCUT2D eigenvalue weighted by atomic mass is 10.1. The maximum atomic E-state index is 11.8. The van der Waals surface area contributed by atoms with Crippen molar-refractivity contribution in [3.63, 3.8) is 0 Å². The van der Waals surface area contributed by atoms with Crippen molar-refractivity contribution in [2.24, 2.45) is 17.3 Å². The molecule has 1 aliphatic rings. The Bertz CT molecular complexity index is 283. The van der Waals surface area contributed by atoms with Gasteiger partial charge in [-0.3, -0.25) is 4.79 Å². The second kappa shape index (κ2) is 3.99. The van der Waals surface area contributed by atoms with Gasteiger partial charge >= 0.3 is 5.97 Å². The average Bonchev–Trinajstić information content (AvgIpc) is 2.49. The average molecular weight is 210 g/mol. The van der Waals surface area contributed by atoms with Crippen LogP contribution < -0.4 is 0 Å². The summed E-state index contributed by atoms with van der Waals surface area (Å²) in [6, 6.07) is 0. The molecule has 0 amide bonds. The first-order valence-corrected chi connectivity index (χ1v) is 5.62. The first-order valence-electron chi connectivity index (χ1n) is 5.62. The first kappa shape index (κ1) is 12.3. The molecule has 0 saturated heterocycles. The summed E-state index contributed by atoms with van der Waals surface area (Å²) >= 11 is 0. The summed E-state index contributed by atoms with van der Waals surface area (Å²) in [5.74, 6) is 0.362. The minimum absolute atomic E-state index is 0.0127. The largest absolute Gasteiger partial charge is 0.463 e. The summed E-state index contributed by atoms with van der Waals surface area (Å²) in [5.41, 5.74) is 1.34. The minimum atomic E-state index is -0.0440. The van der Waals surface area contributed by atoms with Gasteiger partial charge in [0.2, 0.25) is 0 Å². The summed E-state index contributed by atoms with van der Waals surface area (Å²) in [5, 5.41) is 0. The molecule has 0 N–H and O–H groups in total. The van der Waals surface area contributed by atoms with Gasteiger partial charge in [-0.1, -0.05) is 25.5 Å². The Morgan fingerprint density at radius 2 is 1.87 bits per heavy atom. The lowest BCUT2D eigenvalue weighted by molar-refractivity contribution is -0.150. The van der Waals surface area contributed by atoms with Crippen LogP contribution in [0.4, 0.5) is 0 Å². The zero-order valence-corrected chi connectivity index (χ0v) is 10.6. The Morgan fingerprint density at radius 3 is 2.27 bits per heavy atom. The van der Waals surface area contributed by atoms with E-state index in [2.05, 4.69) is 33.8 Å². The topological polar surface area (TPSA) is 26.3 Å². The summed E-state index contributed by atoms with van der Waals surface area (Å²) < 4.78 is 5.25. The van der Waals surface area contributed by atoms with Crippen LogP contribution in [0.5, 0.6) is 0 Å². The van der Waals surface area contributed by atoms with Gasteiger partial charge in [-0.2, -0.15) is 0 Å². The number of hydrogen-bond donors (Lipinski definition) is 0. The number of carbonyl (C=O) groups is 1. The van der Waals surface area contributed by atoms with Gasteiger partial charge in [0.25, 0.3) is 0 Å². The van der Waals surface area contributed by atoms with Crippen molar-refractivity contribution in [1.29, 1.82) is 0 Å². The highest BCUT2D eigenvalue weighted by molar-refractivity contribution is 5.78. The zero-order chi connectivity index (χ0) is 11.8. The fourth-order valence-electron chi connectivity index (χ4n) is 2.10. The van der Waals surface area contributed by atoms with Crippen LogP contribution in [0.2, 0.25) is 0 Å². The lowest BCUT2D eigenvalue weighted by Crippen LogP contribution is -2.15. The predicted molar refractivity (Wildman–Crippen MR) is 61.4 cm³/mol. The van der Waals surface area contributed by atoms with E-state index in [1.54, 1.807) is 0 Å². The maximum absolute atomic E-state index is 11.8. The molecule has 2 atom stereocenters. The van der Waals surface area contributed by atoms with Gasteiger partial charge in [-0.05, 0) is 39.0 Å². The summed E-state index contributed by atoms with van der Waals surface area (Å²) in [6.45, 7) is 12.2. The molecule has 2 heteroatoms. The molecule has 0 aromatic rings. The quantitative estimate of drug-likeness (QED) is 0.528. The fourth-order valence-corrected chi connectivity index (χ4v) is 2.10. The standard InChI is InChI=1S/C13H22O2/c1-8(2)7-10-11(13(10,5)6)12(14)15-9(3)4/h7,9-11H,1-6H3/t10-,11+/m0/s1. The monoisotopic (exact) mass is 210 g/mol. The molecule has 1 aliphatic carbocycles. The van der Waals surface area contributed by atoms with E-state index in [4.69, 9.17) is 4.74 Å². The predicted octanol–water partition coefficient (Wildman–Crippen LogP) is 3.18. The molecule has 86 valence electrons. The highest BCUT2D eigenvalue weighted by Gasteiger charge is 2.61. The molecule has 1 fully saturated rings. The zero-order valence-electron chi connectivity index (χ0n) is 10.6. The summed E-state index contributed by atoms with van der Waals surface area (Å²) in [4.78, 5) is 11.8. The van der Waals surface area contributed by atoms with E-state index < -0.39 is 0 Å². The second-order valence-corrected chi connectivity index (χ2v) is 5.55. The van der Waals surface area contributed by atoms with Crippen LogP contribution in [0.1, 0.15) is 41.5 Å². The number of hydrogen-bond acceptors (Lipinski definition) is 2. The van der Waals surface area contributed by atoms with Crippen molar-refractivity contribution in [1.82, 2.24) is 0 Å². The van der Waals surface area contributed by atoms with E-state index in [9.17, 15) is 4.79 Å². The second-order valence-electron chi connectivity index (χ2n) is 5.55. The molecule has 2 nitrogen and oxygen atoms in total. The van der Waals surface area contributed by atoms with Gasteiger partial charge < -0.3 is 4.74 Å². The normalized spacial score (nSPS) is 27.4. The third kappa shape index (κ3) is 2.61. The van der Waals surface area contributed by atoms with Crippen molar-refractivity contribution in [2.75, 3.05) is 0 Å². The van der Waals surface area contributed by atoms with E-state index in [1.807, 2.05) is 13.8 Å². The van der Waals surface area contributed by atoms with Crippen molar-refractivity contribution in [3.05, 3.63) is 11.6 Å². The van der Waals surface area contributed by atoms with Crippen LogP contribution in [-0.4, -0.2) is 12.1 Å². The lowest BCUT2D eigenvalue weighted by Gasteiger charge is -2.08. The molecule has 0 aromatic carbocycles. The molecule has 1 rings (SSSR count). The van der Waals surface area contributed by atoms with Gasteiger partial charge in [0, 0.05) is 0 Å². The number of carbonyl (C=O) groups excluding carboxylic acids is 1. The third-order valence-electron chi connectivity index (χ3n) is 3.03. The fraction of sp³-hybridized carbons (Fsp3) is 0.769. The molecule has 1 saturated carbocycles. The van der Waals surface area contributed by atoms with Crippen molar-refractivity contribution < 1.29 is 9.53 Å². The minimum Gasteiger partial charge on any atom is -0.463 e. The SMILES string of the molecule is CC(C)=C[C@H]1[C@H](C(=O)OC(C)C)C1(C)C. The summed E-state index contributed by atoms with van der Waals surface area (Å²) in [6.07, 6.45) is 2.17. The van der Waals surface area contributed by atoms with Crippen LogP contribution in [-0.2, 0) is 9.53 Å². The van der Waals surface area contributed by atoms with Crippen LogP contribution >= 0.6 is 0 Å². The van der Waals surface area contributed by atoms with Gasteiger partial charge in [0.15, 0.2) is 0 Å². The smallest absolute Gasteiger partial charge is 0.310 e. The Kier molecular flexibility index (Phi) is 3.27. The molecule has 15 heavy (non-hydrogen) atoms. The first-order chi connectivity index (χ1) is 6.76. The van der Waals surface area contributed by atoms with Crippen molar-refractivity contribution in [3.8, 4) is 0 Å². The van der Waals surface area contributed by atoms with E-state index in [0.29, 0.717) is 5.92 Å². The highest BCUT2D eigenvalue weighted by atomic mass is 16.5. The molecular weight excluding hydrogens is 188 g/mol. The molecule has 0 heterocycles. The molecular formula is C13H22O2. The van der Waals surface area contributed by atoms with Crippen LogP contribution in [0.15, 0.2) is 11.6 Å². The van der Waals surface area contributed by atoms with Crippen LogP contribution in [0.3, 0.4) is 0 Å². The number of rotatable bonds is 3. The molecule has 0 spiro atoms. The number of allylic oxidation sites excluding steroid dienone is 2. The maximum Gasteiger partial charge on any atom is 0.310 e. The van der Waals surface area contributed by atoms with Crippen molar-refractivity contribution in [2.45, 2.75) is 47.6 Å². The van der Waals surface area contributed by atoms with E-state index in [0.717, 1.165) is 0 Å². The van der Waals surface area contributed by atoms with E-state index >= 15 is 0 Å². The van der Waals surface area contributed by atoms with E-state index in [1.165, 1.54) is 5.57 Å². The molecule has 0 bridgehead atoms. The molecule has 0 aromatic heterocycles. The van der Waals surface area contributed by atoms with Crippen LogP contribution in [0.25, 0.3) is 0 Å². The van der Waals surface area contributed by atoms with E-state index in [-0.39, 0.29) is 23.4 Å². The molecule has 0 radical (unpaired) electrons. The summed E-state index contributed by atoms with van der Waals surface area (Å²) in [7, 11) is 0. The number of ether oxygens (including phenoxy) is 1. The molecule has 0 aliphatic heterocycles. The highest BCUT2D eigenvalue weighted by Crippen LogP contribution is 2.59. The Labute approximate surface area is 92.7 Å². The third-order valence-corrected chi connectivity index (χ3v) is 3.03. The Hall–Kier alpha value is -0.790. The van der Waals surface area contributed by atoms with Crippen molar-refractivity contribution >= 4 is 5.97 Å². The van der Waals surface area contributed by atoms with Gasteiger partial charge in [-0.25, -0.2) is 0 Å². The van der Waals surface area contributed by atoms with Gasteiger partial charge in [0.1, 0.15) is 0 Å². The Balaban J connectivity index is 2.66.